The van der Waals surface area contributed by atoms with E-state index in [9.17, 15) is 19.2 Å². The van der Waals surface area contributed by atoms with Crippen LogP contribution in [0.2, 0.25) is 0 Å². The number of likely N-dealkylation sites (tertiary alicyclic amines) is 2. The van der Waals surface area contributed by atoms with Gasteiger partial charge >= 0.3 is 12.2 Å². The summed E-state index contributed by atoms with van der Waals surface area (Å²) in [5.74, 6) is 0.868. The van der Waals surface area contributed by atoms with Crippen LogP contribution in [0.4, 0.5) is 9.59 Å². The number of nitrogens with one attached hydrogen (secondary N) is 4. The van der Waals surface area contributed by atoms with Crippen molar-refractivity contribution in [1.29, 1.82) is 0 Å². The summed E-state index contributed by atoms with van der Waals surface area (Å²) in [7, 11) is 2.55. The zero-order valence-corrected chi connectivity index (χ0v) is 35.2. The third-order valence-corrected chi connectivity index (χ3v) is 11.9. The molecule has 0 radical (unpaired) electrons. The lowest BCUT2D eigenvalue weighted by atomic mass is 10.0. The Morgan fingerprint density at radius 3 is 1.83 bits per heavy atom. The van der Waals surface area contributed by atoms with E-state index in [1.807, 2.05) is 97.2 Å². The summed E-state index contributed by atoms with van der Waals surface area (Å²) in [5.41, 5.74) is 6.80. The summed E-state index contributed by atoms with van der Waals surface area (Å²) >= 11 is 0. The molecule has 0 unspecified atom stereocenters. The Kier molecular flexibility index (Phi) is 11.8. The lowest BCUT2D eigenvalue weighted by Gasteiger charge is -2.28. The Morgan fingerprint density at radius 2 is 1.23 bits per heavy atom. The van der Waals surface area contributed by atoms with Crippen molar-refractivity contribution < 1.29 is 28.7 Å². The summed E-state index contributed by atoms with van der Waals surface area (Å²) in [5, 5.41) is 6.35. The molecule has 0 aliphatic carbocycles. The molecule has 2 aliphatic heterocycles. The molecule has 0 spiro atoms. The number of methoxy groups -OCH3 is 2. The van der Waals surface area contributed by atoms with Crippen molar-refractivity contribution >= 4 is 34.9 Å². The largest absolute Gasteiger partial charge is 0.453 e. The van der Waals surface area contributed by atoms with Crippen molar-refractivity contribution in [2.45, 2.75) is 49.9 Å². The molecule has 0 bridgehead atoms. The van der Waals surface area contributed by atoms with E-state index in [1.165, 1.54) is 14.2 Å². The SMILES string of the molecule is COC(=O)N[C@@H](C(=O)N1CCC[C@H]1c1nc(-c2ccc3nc(-c4ccc(-c5cnc([C@@H]6CCCN6C(=O)[C@H](NC(=O)OC)c6ccccc6)[nH]5)nc4)ccc3c2)c[nH]1)c1ccccc1. The second-order valence-electron chi connectivity index (χ2n) is 15.7. The molecule has 9 rings (SSSR count). The van der Waals surface area contributed by atoms with Gasteiger partial charge in [-0.05, 0) is 67.1 Å². The van der Waals surface area contributed by atoms with E-state index in [-0.39, 0.29) is 23.9 Å². The van der Waals surface area contributed by atoms with Gasteiger partial charge in [-0.25, -0.2) is 24.5 Å². The fourth-order valence-electron chi connectivity index (χ4n) is 8.62. The third-order valence-electron chi connectivity index (χ3n) is 11.9. The zero-order valence-electron chi connectivity index (χ0n) is 35.2. The van der Waals surface area contributed by atoms with Crippen molar-refractivity contribution in [2.75, 3.05) is 27.3 Å². The van der Waals surface area contributed by atoms with Gasteiger partial charge in [0.05, 0.1) is 60.8 Å². The number of imidazole rings is 2. The highest BCUT2D eigenvalue weighted by atomic mass is 16.5. The predicted molar refractivity (Wildman–Crippen MR) is 237 cm³/mol. The minimum atomic E-state index is -0.902. The molecule has 4 N–H and O–H groups in total. The third kappa shape index (κ3) is 8.49. The van der Waals surface area contributed by atoms with Gasteiger partial charge in [-0.2, -0.15) is 0 Å². The highest BCUT2D eigenvalue weighted by Gasteiger charge is 2.38. The van der Waals surface area contributed by atoms with Crippen LogP contribution in [0.25, 0.3) is 44.8 Å². The Hall–Kier alpha value is -7.88. The number of hydrogen-bond donors (Lipinski definition) is 4. The summed E-state index contributed by atoms with van der Waals surface area (Å²) in [4.78, 5) is 81.9. The van der Waals surface area contributed by atoms with E-state index in [0.717, 1.165) is 59.1 Å². The zero-order chi connectivity index (χ0) is 44.2. The Bertz CT molecular complexity index is 2790. The number of amides is 4. The molecule has 4 amide bonds. The van der Waals surface area contributed by atoms with Crippen LogP contribution in [0.15, 0.2) is 122 Å². The van der Waals surface area contributed by atoms with Crippen molar-refractivity contribution in [3.05, 3.63) is 144 Å². The van der Waals surface area contributed by atoms with Gasteiger partial charge in [0.2, 0.25) is 0 Å². The number of H-pyrrole nitrogens is 2. The second-order valence-corrected chi connectivity index (χ2v) is 15.7. The van der Waals surface area contributed by atoms with Gasteiger partial charge in [0.1, 0.15) is 23.7 Å². The quantitative estimate of drug-likeness (QED) is 0.100. The van der Waals surface area contributed by atoms with Gasteiger partial charge < -0.3 is 39.9 Å². The first-order chi connectivity index (χ1) is 31.3. The summed E-state index contributed by atoms with van der Waals surface area (Å²) in [6.07, 6.45) is 7.05. The molecule has 3 aromatic carbocycles. The number of aromatic nitrogens is 6. The number of rotatable bonds is 11. The highest BCUT2D eigenvalue weighted by molar-refractivity contribution is 5.89. The highest BCUT2D eigenvalue weighted by Crippen LogP contribution is 2.36. The van der Waals surface area contributed by atoms with Crippen molar-refractivity contribution in [1.82, 2.24) is 50.3 Å². The first-order valence-corrected chi connectivity index (χ1v) is 21.2. The van der Waals surface area contributed by atoms with Crippen molar-refractivity contribution in [3.8, 4) is 33.9 Å². The van der Waals surface area contributed by atoms with Gasteiger partial charge in [-0.3, -0.25) is 14.6 Å². The number of fused-ring (bicyclic) bond motifs is 1. The molecule has 7 aromatic rings. The molecule has 16 heteroatoms. The molecule has 324 valence electrons. The van der Waals surface area contributed by atoms with E-state index >= 15 is 0 Å². The Morgan fingerprint density at radius 1 is 0.641 bits per heavy atom. The van der Waals surface area contributed by atoms with E-state index in [4.69, 9.17) is 24.4 Å². The number of pyridine rings is 2. The van der Waals surface area contributed by atoms with Crippen LogP contribution < -0.4 is 10.6 Å². The van der Waals surface area contributed by atoms with E-state index in [0.29, 0.717) is 47.3 Å². The number of nitrogens with zero attached hydrogens (tertiary/aromatic N) is 6. The summed E-state index contributed by atoms with van der Waals surface area (Å²) in [6.45, 7) is 1.07. The standard InChI is InChI=1S/C48H46N10O6/c1-63-47(61)55-41(29-11-5-3-6-12-29)45(59)57-23-9-15-39(57)43-50-27-37(53-43)32-18-20-34-31(25-32)17-21-35(52-34)33-19-22-36(49-26-33)38-28-51-44(54-38)40-16-10-24-58(40)46(60)42(56-48(62)64-2)30-13-7-4-8-14-30/h3-8,11-14,17-22,25-28,39-42H,9-10,15-16,23-24H2,1-2H3,(H,50,53)(H,51,54)(H,55,61)(H,56,62)/t39-,40-,41+,42+/m0/s1. The summed E-state index contributed by atoms with van der Waals surface area (Å²) < 4.78 is 9.66. The smallest absolute Gasteiger partial charge is 0.407 e. The number of benzene rings is 3. The Labute approximate surface area is 368 Å². The van der Waals surface area contributed by atoms with Gasteiger partial charge in [0.25, 0.3) is 11.8 Å². The number of hydrogen-bond acceptors (Lipinski definition) is 10. The number of aromatic amines is 2. The van der Waals surface area contributed by atoms with E-state index in [2.05, 4.69) is 25.6 Å². The van der Waals surface area contributed by atoms with Crippen LogP contribution in [-0.4, -0.2) is 91.0 Å². The van der Waals surface area contributed by atoms with Crippen LogP contribution >= 0.6 is 0 Å². The fraction of sp³-hybridized carbons (Fsp3) is 0.250. The molecule has 2 aliphatic rings. The van der Waals surface area contributed by atoms with Crippen LogP contribution in [0.3, 0.4) is 0 Å². The first kappa shape index (κ1) is 41.5. The minimum absolute atomic E-state index is 0.225. The molecular formula is C48H46N10O6. The average Bonchev–Trinajstić information content (AvgIpc) is 4.20. The fourth-order valence-corrected chi connectivity index (χ4v) is 8.62. The lowest BCUT2D eigenvalue weighted by molar-refractivity contribution is -0.135. The monoisotopic (exact) mass is 858 g/mol. The predicted octanol–water partition coefficient (Wildman–Crippen LogP) is 7.60. The molecule has 6 heterocycles. The molecule has 16 nitrogen and oxygen atoms in total. The first-order valence-electron chi connectivity index (χ1n) is 21.2. The lowest BCUT2D eigenvalue weighted by Crippen LogP contribution is -2.42. The topological polar surface area (TPSA) is 200 Å². The van der Waals surface area contributed by atoms with Crippen LogP contribution in [0.5, 0.6) is 0 Å². The van der Waals surface area contributed by atoms with Crippen LogP contribution in [-0.2, 0) is 19.1 Å². The second kappa shape index (κ2) is 18.2. The maximum absolute atomic E-state index is 13.9. The number of carbonyl (C=O) groups excluding carboxylic acids is 4. The molecule has 4 atom stereocenters. The number of alkyl carbamates (subject to hydrolysis) is 2. The van der Waals surface area contributed by atoms with Gasteiger partial charge in [-0.1, -0.05) is 72.8 Å². The number of carbonyl (C=O) groups is 4. The van der Waals surface area contributed by atoms with Crippen molar-refractivity contribution in [2.24, 2.45) is 0 Å². The van der Waals surface area contributed by atoms with Gasteiger partial charge in [0.15, 0.2) is 0 Å². The molecular weight excluding hydrogens is 813 g/mol. The van der Waals surface area contributed by atoms with Gasteiger partial charge in [-0.15, -0.1) is 0 Å². The molecule has 2 fully saturated rings. The van der Waals surface area contributed by atoms with Crippen molar-refractivity contribution in [3.63, 3.8) is 0 Å². The minimum Gasteiger partial charge on any atom is -0.453 e. The molecule has 0 saturated carbocycles. The molecule has 64 heavy (non-hydrogen) atoms. The Balaban J connectivity index is 0.875. The average molecular weight is 859 g/mol. The van der Waals surface area contributed by atoms with E-state index in [1.54, 1.807) is 34.3 Å². The summed E-state index contributed by atoms with van der Waals surface area (Å²) in [6, 6.07) is 29.8. The maximum Gasteiger partial charge on any atom is 0.407 e. The molecule has 2 saturated heterocycles. The normalized spacial score (nSPS) is 16.9. The molecule has 4 aromatic heterocycles. The number of ether oxygens (including phenoxy) is 2. The van der Waals surface area contributed by atoms with Crippen LogP contribution in [0.1, 0.15) is 72.6 Å². The van der Waals surface area contributed by atoms with Crippen LogP contribution in [0, 0.1) is 0 Å². The van der Waals surface area contributed by atoms with Gasteiger partial charge in [0, 0.05) is 42.0 Å². The van der Waals surface area contributed by atoms with E-state index < -0.39 is 24.3 Å². The maximum atomic E-state index is 13.9.